The summed E-state index contributed by atoms with van der Waals surface area (Å²) in [7, 11) is 0. The Kier molecular flexibility index (Phi) is 8.61. The number of aromatic nitrogens is 3. The lowest BCUT2D eigenvalue weighted by Crippen LogP contribution is -2.40. The third-order valence-electron chi connectivity index (χ3n) is 8.52. The van der Waals surface area contributed by atoms with Gasteiger partial charge in [0.25, 0.3) is 5.91 Å². The number of anilines is 1. The molecule has 232 valence electrons. The quantitative estimate of drug-likeness (QED) is 0.303. The first-order chi connectivity index (χ1) is 20.0. The molecule has 1 saturated carbocycles. The normalized spacial score (nSPS) is 20.9. The first kappa shape index (κ1) is 31.0. The number of carbonyl (C=O) groups excluding carboxylic acids is 1. The second-order valence-corrected chi connectivity index (χ2v) is 12.9. The number of amides is 1. The number of pyridine rings is 1. The van der Waals surface area contributed by atoms with Gasteiger partial charge in [-0.15, -0.1) is 5.10 Å². The van der Waals surface area contributed by atoms with Crippen LogP contribution < -0.4 is 19.1 Å². The fourth-order valence-electron chi connectivity index (χ4n) is 5.92. The first-order valence-corrected chi connectivity index (χ1v) is 15.1. The number of alkyl halides is 3. The van der Waals surface area contributed by atoms with Gasteiger partial charge in [0.2, 0.25) is 5.88 Å². The highest BCUT2D eigenvalue weighted by molar-refractivity contribution is 7.98. The van der Waals surface area contributed by atoms with Gasteiger partial charge in [-0.1, -0.05) is 7.43 Å². The molecule has 43 heavy (non-hydrogen) atoms. The van der Waals surface area contributed by atoms with Gasteiger partial charge in [-0.25, -0.2) is 9.67 Å². The maximum Gasteiger partial charge on any atom is 0.394 e. The van der Waals surface area contributed by atoms with Gasteiger partial charge in [0.1, 0.15) is 11.6 Å². The maximum atomic E-state index is 13.5. The molecule has 4 bridgehead atoms. The lowest BCUT2D eigenvalue weighted by molar-refractivity contribution is -0.190. The van der Waals surface area contributed by atoms with E-state index in [0.29, 0.717) is 29.7 Å². The van der Waals surface area contributed by atoms with Crippen molar-refractivity contribution < 1.29 is 27.4 Å². The van der Waals surface area contributed by atoms with Gasteiger partial charge in [0.05, 0.1) is 24.2 Å². The third kappa shape index (κ3) is 6.58. The van der Waals surface area contributed by atoms with E-state index in [9.17, 15) is 18.0 Å². The Morgan fingerprint density at radius 2 is 1.91 bits per heavy atom. The molecule has 3 aromatic rings. The molecule has 2 aromatic heterocycles. The van der Waals surface area contributed by atoms with Gasteiger partial charge in [0.15, 0.2) is 5.82 Å². The van der Waals surface area contributed by atoms with Crippen LogP contribution in [0, 0.1) is 11.3 Å². The average molecular weight is 618 g/mol. The third-order valence-corrected chi connectivity index (χ3v) is 9.31. The zero-order valence-electron chi connectivity index (χ0n) is 23.6. The average Bonchev–Trinajstić information content (AvgIpc) is 3.50. The van der Waals surface area contributed by atoms with Crippen molar-refractivity contribution in [2.24, 2.45) is 11.3 Å². The second kappa shape index (κ2) is 11.9. The second-order valence-electron chi connectivity index (χ2n) is 12.0. The Morgan fingerprint density at radius 1 is 1.14 bits per heavy atom. The largest absolute Gasteiger partial charge is 0.494 e. The van der Waals surface area contributed by atoms with Crippen LogP contribution in [0.25, 0.3) is 5.82 Å². The summed E-state index contributed by atoms with van der Waals surface area (Å²) in [5.41, 5.74) is -1.40. The number of hydrogen-bond acceptors (Lipinski definition) is 7. The monoisotopic (exact) mass is 617 g/mol. The van der Waals surface area contributed by atoms with Crippen LogP contribution >= 0.6 is 11.9 Å². The van der Waals surface area contributed by atoms with E-state index in [-0.39, 0.29) is 50.6 Å². The zero-order valence-corrected chi connectivity index (χ0v) is 24.4. The van der Waals surface area contributed by atoms with Gasteiger partial charge in [0, 0.05) is 29.2 Å². The molecule has 1 N–H and O–H groups in total. The summed E-state index contributed by atoms with van der Waals surface area (Å²) in [6.45, 7) is 5.65. The number of fused-ring (bicyclic) bond motifs is 7. The molecule has 7 rings (SSSR count). The Bertz CT molecular complexity index is 1440. The number of carbonyl (C=O) groups is 1. The summed E-state index contributed by atoms with van der Waals surface area (Å²) in [6.07, 6.45) is 0.515. The van der Waals surface area contributed by atoms with Crippen molar-refractivity contribution in [2.75, 3.05) is 24.7 Å². The Morgan fingerprint density at radius 3 is 2.63 bits per heavy atom. The minimum atomic E-state index is -4.21. The van der Waals surface area contributed by atoms with Crippen molar-refractivity contribution in [3.8, 4) is 17.4 Å². The Balaban J connectivity index is 0.00000368. The molecule has 0 radical (unpaired) electrons. The van der Waals surface area contributed by atoms with Crippen LogP contribution in [0.1, 0.15) is 70.2 Å². The fourth-order valence-corrected chi connectivity index (χ4v) is 6.51. The van der Waals surface area contributed by atoms with Crippen molar-refractivity contribution in [3.05, 3.63) is 54.2 Å². The number of hydrogen-bond donors (Lipinski definition) is 1. The van der Waals surface area contributed by atoms with Crippen LogP contribution in [-0.2, 0) is 0 Å². The number of benzene rings is 1. The summed E-state index contributed by atoms with van der Waals surface area (Å²) >= 11 is 1.23. The standard InChI is InChI=1S/C30H34F3N5O3S.CH4/c1-28(2)18-20-4-3-16-40-21-5-7-22(8-6-21)42-36-27(39)23-9-10-24(34-26(23)37(28)19-20)38-15-11-25(35-38)41-17-14-29(12-13-29)30(31,32)33;/h5-11,15,20H,3-4,12-14,16-19H2,1-2H3,(H,36,39);1H4. The van der Waals surface area contributed by atoms with E-state index in [4.69, 9.17) is 14.5 Å². The fraction of sp³-hybridized carbons (Fsp3) is 0.516. The highest BCUT2D eigenvalue weighted by atomic mass is 32.2. The summed E-state index contributed by atoms with van der Waals surface area (Å²) in [6, 6.07) is 12.7. The number of halogens is 3. The van der Waals surface area contributed by atoms with E-state index in [1.165, 1.54) is 16.6 Å². The van der Waals surface area contributed by atoms with E-state index in [1.807, 2.05) is 24.3 Å². The molecule has 12 heteroatoms. The summed E-state index contributed by atoms with van der Waals surface area (Å²) in [4.78, 5) is 21.5. The summed E-state index contributed by atoms with van der Waals surface area (Å²) < 4.78 is 55.8. The topological polar surface area (TPSA) is 81.5 Å². The first-order valence-electron chi connectivity index (χ1n) is 14.3. The Labute approximate surface area is 254 Å². The smallest absolute Gasteiger partial charge is 0.394 e. The van der Waals surface area contributed by atoms with Gasteiger partial charge in [-0.05, 0) is 107 Å². The minimum Gasteiger partial charge on any atom is -0.494 e. The van der Waals surface area contributed by atoms with Crippen molar-refractivity contribution in [3.63, 3.8) is 0 Å². The molecule has 0 spiro atoms. The predicted octanol–water partition coefficient (Wildman–Crippen LogP) is 7.23. The lowest BCUT2D eigenvalue weighted by Gasteiger charge is -2.34. The molecule has 1 aromatic carbocycles. The van der Waals surface area contributed by atoms with Gasteiger partial charge in [-0.2, -0.15) is 13.2 Å². The van der Waals surface area contributed by atoms with Crippen LogP contribution in [0.5, 0.6) is 11.6 Å². The summed E-state index contributed by atoms with van der Waals surface area (Å²) in [5, 5.41) is 4.41. The molecule has 4 aliphatic rings. The van der Waals surface area contributed by atoms with E-state index < -0.39 is 11.6 Å². The van der Waals surface area contributed by atoms with Crippen LogP contribution in [0.3, 0.4) is 0 Å². The highest BCUT2D eigenvalue weighted by Gasteiger charge is 2.62. The van der Waals surface area contributed by atoms with Crippen molar-refractivity contribution in [2.45, 2.75) is 76.4 Å². The summed E-state index contributed by atoms with van der Waals surface area (Å²) in [5.74, 6) is 2.24. The highest BCUT2D eigenvalue weighted by Crippen LogP contribution is 2.59. The van der Waals surface area contributed by atoms with Crippen LogP contribution in [-0.4, -0.2) is 52.1 Å². The molecule has 2 fully saturated rings. The molecular weight excluding hydrogens is 579 g/mol. The molecule has 1 aliphatic carbocycles. The van der Waals surface area contributed by atoms with Crippen molar-refractivity contribution >= 4 is 23.7 Å². The lowest BCUT2D eigenvalue weighted by atomic mass is 9.93. The van der Waals surface area contributed by atoms with Gasteiger partial charge < -0.3 is 14.4 Å². The van der Waals surface area contributed by atoms with E-state index in [1.54, 1.807) is 24.4 Å². The molecule has 8 nitrogen and oxygen atoms in total. The molecule has 1 atom stereocenters. The molecule has 3 aliphatic heterocycles. The van der Waals surface area contributed by atoms with E-state index in [2.05, 4.69) is 28.6 Å². The molecule has 1 saturated heterocycles. The van der Waals surface area contributed by atoms with Crippen LogP contribution in [0.2, 0.25) is 0 Å². The van der Waals surface area contributed by atoms with Crippen molar-refractivity contribution in [1.29, 1.82) is 0 Å². The number of nitrogens with one attached hydrogen (secondary N) is 1. The molecule has 5 heterocycles. The van der Waals surface area contributed by atoms with Crippen LogP contribution in [0.15, 0.2) is 53.6 Å². The number of rotatable bonds is 5. The molecule has 1 amide bonds. The Hall–Kier alpha value is -3.41. The molecule has 1 unspecified atom stereocenters. The van der Waals surface area contributed by atoms with E-state index in [0.717, 1.165) is 36.5 Å². The SMILES string of the molecule is C.CC1(C)CC2CCCOc3ccc(cc3)SNC(=O)c3ccc(-n4ccc(OCCC5(C(F)(F)F)CC5)n4)nc3N1C2. The number of nitrogens with zero attached hydrogens (tertiary/aromatic N) is 4. The molecular formula is C31H38F3N5O3S. The van der Waals surface area contributed by atoms with E-state index >= 15 is 0 Å². The maximum absolute atomic E-state index is 13.5. The van der Waals surface area contributed by atoms with Crippen LogP contribution in [0.4, 0.5) is 19.0 Å². The minimum absolute atomic E-state index is 0. The zero-order chi connectivity index (χ0) is 29.5. The number of ether oxygens (including phenoxy) is 2. The van der Waals surface area contributed by atoms with Gasteiger partial charge >= 0.3 is 6.18 Å². The van der Waals surface area contributed by atoms with Crippen molar-refractivity contribution in [1.82, 2.24) is 19.5 Å². The predicted molar refractivity (Wildman–Crippen MR) is 160 cm³/mol. The van der Waals surface area contributed by atoms with Gasteiger partial charge in [-0.3, -0.25) is 9.52 Å².